The topological polar surface area (TPSA) is 76.7 Å². The molecule has 0 radical (unpaired) electrons. The van der Waals surface area contributed by atoms with Gasteiger partial charge in [0, 0.05) is 24.6 Å². The number of piperidine rings is 1. The third-order valence-electron chi connectivity index (χ3n) is 4.82. The van der Waals surface area contributed by atoms with Gasteiger partial charge in [0.05, 0.1) is 12.3 Å². The van der Waals surface area contributed by atoms with E-state index in [4.69, 9.17) is 20.6 Å². The molecule has 0 bridgehead atoms. The molecule has 7 heteroatoms. The van der Waals surface area contributed by atoms with Crippen molar-refractivity contribution in [2.75, 3.05) is 33.1 Å². The monoisotopic (exact) mass is 367 g/mol. The molecule has 2 aliphatic rings. The first kappa shape index (κ1) is 17.4. The van der Waals surface area contributed by atoms with Crippen LogP contribution in [-0.4, -0.2) is 54.1 Å². The molecule has 1 amide bonds. The Morgan fingerprint density at radius 2 is 2.26 bits per heavy atom. The predicted octanol–water partition coefficient (Wildman–Crippen LogP) is 2.31. The lowest BCUT2D eigenvalue weighted by Gasteiger charge is -2.32. The molecule has 1 unspecified atom stereocenters. The van der Waals surface area contributed by atoms with Crippen molar-refractivity contribution in [3.8, 4) is 35.1 Å². The van der Waals surface area contributed by atoms with E-state index in [0.717, 1.165) is 30.7 Å². The smallest absolute Gasteiger partial charge is 0.271 e. The number of H-pyrrole nitrogens is 1. The van der Waals surface area contributed by atoms with E-state index in [1.165, 1.54) is 0 Å². The minimum atomic E-state index is -0.0452. The second kappa shape index (κ2) is 7.72. The van der Waals surface area contributed by atoms with Gasteiger partial charge in [-0.1, -0.05) is 5.92 Å². The van der Waals surface area contributed by atoms with Crippen molar-refractivity contribution in [2.24, 2.45) is 5.92 Å². The maximum absolute atomic E-state index is 12.8. The van der Waals surface area contributed by atoms with Gasteiger partial charge >= 0.3 is 0 Å². The molecular weight excluding hydrogens is 346 g/mol. The van der Waals surface area contributed by atoms with Crippen molar-refractivity contribution in [1.29, 1.82) is 0 Å². The number of hydrogen-bond donors (Lipinski definition) is 1. The van der Waals surface area contributed by atoms with Gasteiger partial charge in [0.2, 0.25) is 6.79 Å². The molecular formula is C20H21N3O4. The molecule has 1 atom stereocenters. The van der Waals surface area contributed by atoms with Crippen LogP contribution in [0.2, 0.25) is 0 Å². The normalized spacial score (nSPS) is 18.3. The third kappa shape index (κ3) is 3.76. The van der Waals surface area contributed by atoms with Gasteiger partial charge in [0.25, 0.3) is 5.91 Å². The van der Waals surface area contributed by atoms with E-state index in [2.05, 4.69) is 16.1 Å². The van der Waals surface area contributed by atoms with Crippen molar-refractivity contribution >= 4 is 5.91 Å². The zero-order chi connectivity index (χ0) is 18.6. The number of nitrogens with one attached hydrogen (secondary N) is 1. The number of aromatic nitrogens is 2. The van der Waals surface area contributed by atoms with Gasteiger partial charge in [0.1, 0.15) is 12.3 Å². The number of amides is 1. The number of carbonyl (C=O) groups is 1. The minimum absolute atomic E-state index is 0.0452. The first-order chi connectivity index (χ1) is 13.2. The number of nitrogens with zero attached hydrogens (tertiary/aromatic N) is 2. The molecule has 0 aliphatic carbocycles. The Bertz CT molecular complexity index is 870. The summed E-state index contributed by atoms with van der Waals surface area (Å²) in [6.07, 6.45) is 7.21. The second-order valence-electron chi connectivity index (χ2n) is 6.71. The summed E-state index contributed by atoms with van der Waals surface area (Å²) in [4.78, 5) is 14.7. The Hall–Kier alpha value is -2.98. The molecule has 4 rings (SSSR count). The summed E-state index contributed by atoms with van der Waals surface area (Å²) < 4.78 is 16.2. The summed E-state index contributed by atoms with van der Waals surface area (Å²) in [5, 5.41) is 7.16. The average Bonchev–Trinajstić information content (AvgIpc) is 3.37. The lowest BCUT2D eigenvalue weighted by molar-refractivity contribution is 0.0529. The maximum Gasteiger partial charge on any atom is 0.271 e. The van der Waals surface area contributed by atoms with Crippen LogP contribution in [0.4, 0.5) is 0 Å². The third-order valence-corrected chi connectivity index (χ3v) is 4.82. The maximum atomic E-state index is 12.8. The van der Waals surface area contributed by atoms with Crippen molar-refractivity contribution in [3.05, 3.63) is 30.0 Å². The van der Waals surface area contributed by atoms with Crippen LogP contribution in [-0.2, 0) is 4.74 Å². The number of hydrogen-bond acceptors (Lipinski definition) is 5. The fourth-order valence-corrected chi connectivity index (χ4v) is 3.48. The quantitative estimate of drug-likeness (QED) is 0.648. The number of aromatic amines is 1. The van der Waals surface area contributed by atoms with Gasteiger partial charge in [-0.25, -0.2) is 0 Å². The van der Waals surface area contributed by atoms with Crippen LogP contribution in [0.15, 0.2) is 24.3 Å². The van der Waals surface area contributed by atoms with Gasteiger partial charge in [-0.15, -0.1) is 6.42 Å². The van der Waals surface area contributed by atoms with E-state index >= 15 is 0 Å². The van der Waals surface area contributed by atoms with Gasteiger partial charge in [-0.2, -0.15) is 5.10 Å². The molecule has 1 aromatic carbocycles. The number of fused-ring (bicyclic) bond motifs is 1. The summed E-state index contributed by atoms with van der Waals surface area (Å²) in [5.74, 6) is 4.14. The van der Waals surface area contributed by atoms with Crippen LogP contribution < -0.4 is 9.47 Å². The number of ether oxygens (including phenoxy) is 3. The molecule has 2 aromatic rings. The summed E-state index contributed by atoms with van der Waals surface area (Å²) in [6.45, 7) is 2.53. The highest BCUT2D eigenvalue weighted by atomic mass is 16.7. The summed E-state index contributed by atoms with van der Waals surface area (Å²) in [6, 6.07) is 7.39. The summed E-state index contributed by atoms with van der Waals surface area (Å²) >= 11 is 0. The highest BCUT2D eigenvalue weighted by Gasteiger charge is 2.26. The van der Waals surface area contributed by atoms with Crippen LogP contribution in [0.1, 0.15) is 23.3 Å². The fourth-order valence-electron chi connectivity index (χ4n) is 3.48. The second-order valence-corrected chi connectivity index (χ2v) is 6.71. The number of rotatable bonds is 5. The van der Waals surface area contributed by atoms with E-state index in [-0.39, 0.29) is 12.7 Å². The van der Waals surface area contributed by atoms with Crippen molar-refractivity contribution in [2.45, 2.75) is 12.8 Å². The Balaban J connectivity index is 1.43. The zero-order valence-electron chi connectivity index (χ0n) is 14.9. The van der Waals surface area contributed by atoms with Crippen molar-refractivity contribution in [3.63, 3.8) is 0 Å². The van der Waals surface area contributed by atoms with Gasteiger partial charge in [-0.3, -0.25) is 9.89 Å². The lowest BCUT2D eigenvalue weighted by atomic mass is 9.98. The fraction of sp³-hybridized carbons (Fsp3) is 0.400. The summed E-state index contributed by atoms with van der Waals surface area (Å²) in [7, 11) is 0. The summed E-state index contributed by atoms with van der Waals surface area (Å²) in [5.41, 5.74) is 2.05. The molecule has 0 spiro atoms. The molecule has 1 fully saturated rings. The SMILES string of the molecule is C#CCOCC1CCCN(C(=O)c2cc(-c3ccc4c(c3)OCO4)n[nH]2)C1. The molecule has 3 heterocycles. The molecule has 27 heavy (non-hydrogen) atoms. The number of benzene rings is 1. The Morgan fingerprint density at radius 3 is 3.15 bits per heavy atom. The number of carbonyl (C=O) groups excluding carboxylic acids is 1. The van der Waals surface area contributed by atoms with Crippen LogP contribution in [0, 0.1) is 18.3 Å². The zero-order valence-corrected chi connectivity index (χ0v) is 14.9. The van der Waals surface area contributed by atoms with Crippen LogP contribution >= 0.6 is 0 Å². The van der Waals surface area contributed by atoms with Crippen molar-refractivity contribution in [1.82, 2.24) is 15.1 Å². The van der Waals surface area contributed by atoms with E-state index in [0.29, 0.717) is 42.8 Å². The van der Waals surface area contributed by atoms with Gasteiger partial charge in [-0.05, 0) is 37.1 Å². The first-order valence-electron chi connectivity index (χ1n) is 9.00. The van der Waals surface area contributed by atoms with E-state index in [1.54, 1.807) is 6.07 Å². The molecule has 1 N–H and O–H groups in total. The van der Waals surface area contributed by atoms with Crippen LogP contribution in [0.3, 0.4) is 0 Å². The number of likely N-dealkylation sites (tertiary alicyclic amines) is 1. The van der Waals surface area contributed by atoms with Gasteiger partial charge < -0.3 is 19.1 Å². The molecule has 7 nitrogen and oxygen atoms in total. The highest BCUT2D eigenvalue weighted by molar-refractivity contribution is 5.93. The van der Waals surface area contributed by atoms with E-state index < -0.39 is 0 Å². The minimum Gasteiger partial charge on any atom is -0.454 e. The Morgan fingerprint density at radius 1 is 1.37 bits per heavy atom. The molecule has 1 aromatic heterocycles. The first-order valence-corrected chi connectivity index (χ1v) is 9.00. The molecule has 2 aliphatic heterocycles. The average molecular weight is 367 g/mol. The lowest BCUT2D eigenvalue weighted by Crippen LogP contribution is -2.41. The Kier molecular flexibility index (Phi) is 4.99. The van der Waals surface area contributed by atoms with E-state index in [9.17, 15) is 4.79 Å². The molecule has 1 saturated heterocycles. The van der Waals surface area contributed by atoms with E-state index in [1.807, 2.05) is 23.1 Å². The largest absolute Gasteiger partial charge is 0.454 e. The van der Waals surface area contributed by atoms with Crippen molar-refractivity contribution < 1.29 is 19.0 Å². The number of terminal acetylenes is 1. The van der Waals surface area contributed by atoms with Crippen LogP contribution in [0.25, 0.3) is 11.3 Å². The molecule has 0 saturated carbocycles. The standard InChI is InChI=1S/C20H21N3O4/c1-2-8-25-12-14-4-3-7-23(11-14)20(24)17-10-16(21-22-17)15-5-6-18-19(9-15)27-13-26-18/h1,5-6,9-10,14H,3-4,7-8,11-13H2,(H,21,22). The highest BCUT2D eigenvalue weighted by Crippen LogP contribution is 2.35. The van der Waals surface area contributed by atoms with Crippen LogP contribution in [0.5, 0.6) is 11.5 Å². The molecule has 140 valence electrons. The van der Waals surface area contributed by atoms with Gasteiger partial charge in [0.15, 0.2) is 11.5 Å². The predicted molar refractivity (Wildman–Crippen MR) is 98.4 cm³/mol. The Labute approximate surface area is 157 Å².